The van der Waals surface area contributed by atoms with Crippen LogP contribution in [0.15, 0.2) is 30.5 Å². The van der Waals surface area contributed by atoms with E-state index in [1.54, 1.807) is 22.8 Å². The van der Waals surface area contributed by atoms with Crippen molar-refractivity contribution in [3.63, 3.8) is 0 Å². The number of fused-ring (bicyclic) bond motifs is 1. The Morgan fingerprint density at radius 2 is 1.93 bits per heavy atom. The largest absolute Gasteiger partial charge is 0.349 e. The first-order valence-corrected chi connectivity index (χ1v) is 9.42. The summed E-state index contributed by atoms with van der Waals surface area (Å²) >= 11 is 0. The van der Waals surface area contributed by atoms with E-state index in [1.807, 2.05) is 13.8 Å². The van der Waals surface area contributed by atoms with Gasteiger partial charge < -0.3 is 5.32 Å². The molecule has 2 aromatic heterocycles. The lowest BCUT2D eigenvalue weighted by Crippen LogP contribution is -2.32. The highest BCUT2D eigenvalue weighted by Gasteiger charge is 2.22. The number of carbonyl (C=O) groups is 1. The predicted octanol–water partition coefficient (Wildman–Crippen LogP) is 3.75. The van der Waals surface area contributed by atoms with E-state index in [0.717, 1.165) is 35.4 Å². The summed E-state index contributed by atoms with van der Waals surface area (Å²) in [7, 11) is 0. The molecule has 140 valence electrons. The fourth-order valence-electron chi connectivity index (χ4n) is 3.87. The number of nitrogens with zero attached hydrogens (tertiary/aromatic N) is 3. The molecule has 0 atom stereocenters. The minimum atomic E-state index is -0.245. The summed E-state index contributed by atoms with van der Waals surface area (Å²) in [6.45, 7) is 3.92. The highest BCUT2D eigenvalue weighted by Crippen LogP contribution is 2.22. The predicted molar refractivity (Wildman–Crippen MR) is 101 cm³/mol. The van der Waals surface area contributed by atoms with Crippen molar-refractivity contribution in [1.29, 1.82) is 0 Å². The Morgan fingerprint density at radius 3 is 2.63 bits per heavy atom. The smallest absolute Gasteiger partial charge is 0.256 e. The van der Waals surface area contributed by atoms with Crippen LogP contribution in [0.3, 0.4) is 0 Å². The number of amides is 1. The monoisotopic (exact) mass is 366 g/mol. The zero-order valence-corrected chi connectivity index (χ0v) is 15.6. The second kappa shape index (κ2) is 7.10. The molecule has 1 aliphatic carbocycles. The molecule has 1 N–H and O–H groups in total. The summed E-state index contributed by atoms with van der Waals surface area (Å²) in [6, 6.07) is 6.74. The van der Waals surface area contributed by atoms with E-state index in [4.69, 9.17) is 0 Å². The van der Waals surface area contributed by atoms with Crippen LogP contribution in [0, 0.1) is 19.7 Å². The van der Waals surface area contributed by atoms with Gasteiger partial charge in [-0.3, -0.25) is 4.79 Å². The molecule has 2 heterocycles. The fraction of sp³-hybridized carbons (Fsp3) is 0.381. The molecule has 0 aliphatic heterocycles. The van der Waals surface area contributed by atoms with Gasteiger partial charge in [-0.1, -0.05) is 25.0 Å². The maximum absolute atomic E-state index is 13.2. The van der Waals surface area contributed by atoms with Gasteiger partial charge in [0.1, 0.15) is 11.4 Å². The normalized spacial score (nSPS) is 14.8. The third-order valence-electron chi connectivity index (χ3n) is 5.44. The van der Waals surface area contributed by atoms with Gasteiger partial charge in [0.2, 0.25) is 0 Å². The molecule has 1 saturated carbocycles. The SMILES string of the molecule is Cc1nc2c(C(=O)NC3CCCC3)cnn2c(C)c1Cc1ccc(F)cc1. The lowest BCUT2D eigenvalue weighted by atomic mass is 10.0. The molecule has 0 bridgehead atoms. The summed E-state index contributed by atoms with van der Waals surface area (Å²) in [5.41, 5.74) is 4.96. The second-order valence-electron chi connectivity index (χ2n) is 7.31. The molecule has 6 heteroatoms. The summed E-state index contributed by atoms with van der Waals surface area (Å²) in [6.07, 6.45) is 6.66. The molecule has 3 aromatic rings. The van der Waals surface area contributed by atoms with E-state index in [2.05, 4.69) is 15.4 Å². The standard InChI is InChI=1S/C21H23FN4O/c1-13-18(11-15-7-9-16(22)10-8-15)14(2)26-20(24-13)19(12-23-26)21(27)25-17-5-3-4-6-17/h7-10,12,17H,3-6,11H2,1-2H3,(H,25,27). The van der Waals surface area contributed by atoms with Crippen LogP contribution in [0.5, 0.6) is 0 Å². The Balaban J connectivity index is 1.66. The number of rotatable bonds is 4. The first-order valence-electron chi connectivity index (χ1n) is 9.42. The van der Waals surface area contributed by atoms with Crippen molar-refractivity contribution < 1.29 is 9.18 Å². The van der Waals surface area contributed by atoms with Crippen LogP contribution in [0.25, 0.3) is 5.65 Å². The maximum Gasteiger partial charge on any atom is 0.256 e. The summed E-state index contributed by atoms with van der Waals surface area (Å²) in [4.78, 5) is 17.3. The van der Waals surface area contributed by atoms with Crippen LogP contribution in [0.4, 0.5) is 4.39 Å². The number of hydrogen-bond donors (Lipinski definition) is 1. The number of nitrogens with one attached hydrogen (secondary N) is 1. The molecule has 1 amide bonds. The number of benzene rings is 1. The van der Waals surface area contributed by atoms with Crippen LogP contribution >= 0.6 is 0 Å². The van der Waals surface area contributed by atoms with Gasteiger partial charge in [0.05, 0.1) is 6.20 Å². The highest BCUT2D eigenvalue weighted by molar-refractivity contribution is 5.99. The van der Waals surface area contributed by atoms with Gasteiger partial charge in [0.25, 0.3) is 5.91 Å². The first-order chi connectivity index (χ1) is 13.0. The van der Waals surface area contributed by atoms with Gasteiger partial charge in [0, 0.05) is 23.9 Å². The van der Waals surface area contributed by atoms with Crippen molar-refractivity contribution >= 4 is 11.6 Å². The van der Waals surface area contributed by atoms with Gasteiger partial charge in [-0.05, 0) is 49.9 Å². The molecular weight excluding hydrogens is 343 g/mol. The molecule has 0 saturated heterocycles. The molecule has 1 aromatic carbocycles. The van der Waals surface area contributed by atoms with Crippen molar-refractivity contribution in [2.45, 2.75) is 52.0 Å². The number of carbonyl (C=O) groups excluding carboxylic acids is 1. The van der Waals surface area contributed by atoms with Crippen molar-refractivity contribution in [1.82, 2.24) is 19.9 Å². The Bertz CT molecular complexity index is 988. The Morgan fingerprint density at radius 1 is 1.22 bits per heavy atom. The number of aryl methyl sites for hydroxylation is 2. The van der Waals surface area contributed by atoms with Crippen LogP contribution < -0.4 is 5.32 Å². The first kappa shape index (κ1) is 17.6. The second-order valence-corrected chi connectivity index (χ2v) is 7.31. The minimum absolute atomic E-state index is 0.102. The van der Waals surface area contributed by atoms with E-state index in [9.17, 15) is 9.18 Å². The Hall–Kier alpha value is -2.76. The molecule has 1 fully saturated rings. The quantitative estimate of drug-likeness (QED) is 0.765. The van der Waals surface area contributed by atoms with Gasteiger partial charge in [-0.2, -0.15) is 5.10 Å². The molecule has 1 aliphatic rings. The summed E-state index contributed by atoms with van der Waals surface area (Å²) in [5.74, 6) is -0.347. The van der Waals surface area contributed by atoms with Crippen molar-refractivity contribution in [3.8, 4) is 0 Å². The molecule has 0 unspecified atom stereocenters. The van der Waals surface area contributed by atoms with Crippen LogP contribution in [-0.2, 0) is 6.42 Å². The molecule has 4 rings (SSSR count). The topological polar surface area (TPSA) is 59.3 Å². The minimum Gasteiger partial charge on any atom is -0.349 e. The third-order valence-corrected chi connectivity index (χ3v) is 5.44. The van der Waals surface area contributed by atoms with Gasteiger partial charge in [-0.25, -0.2) is 13.9 Å². The van der Waals surface area contributed by atoms with Gasteiger partial charge in [-0.15, -0.1) is 0 Å². The van der Waals surface area contributed by atoms with E-state index >= 15 is 0 Å². The lowest BCUT2D eigenvalue weighted by molar-refractivity contribution is 0.0939. The molecule has 5 nitrogen and oxygen atoms in total. The average molecular weight is 366 g/mol. The molecule has 27 heavy (non-hydrogen) atoms. The van der Waals surface area contributed by atoms with E-state index < -0.39 is 0 Å². The van der Waals surface area contributed by atoms with Gasteiger partial charge >= 0.3 is 0 Å². The highest BCUT2D eigenvalue weighted by atomic mass is 19.1. The Kier molecular flexibility index (Phi) is 4.64. The van der Waals surface area contributed by atoms with E-state index in [-0.39, 0.29) is 17.8 Å². The van der Waals surface area contributed by atoms with Crippen LogP contribution in [0.2, 0.25) is 0 Å². The summed E-state index contributed by atoms with van der Waals surface area (Å²) < 4.78 is 14.9. The number of halogens is 1. The average Bonchev–Trinajstić information content (AvgIpc) is 3.30. The number of aromatic nitrogens is 3. The van der Waals surface area contributed by atoms with Crippen molar-refractivity contribution in [3.05, 3.63) is 64.4 Å². The van der Waals surface area contributed by atoms with Crippen molar-refractivity contribution in [2.24, 2.45) is 0 Å². The lowest BCUT2D eigenvalue weighted by Gasteiger charge is -2.13. The van der Waals surface area contributed by atoms with Gasteiger partial charge in [0.15, 0.2) is 5.65 Å². The summed E-state index contributed by atoms with van der Waals surface area (Å²) in [5, 5.41) is 7.51. The zero-order valence-electron chi connectivity index (χ0n) is 15.6. The van der Waals surface area contributed by atoms with E-state index in [0.29, 0.717) is 17.6 Å². The molecular formula is C21H23FN4O. The third kappa shape index (κ3) is 3.44. The number of hydrogen-bond acceptors (Lipinski definition) is 3. The molecule has 0 radical (unpaired) electrons. The zero-order chi connectivity index (χ0) is 19.0. The Labute approximate surface area is 157 Å². The van der Waals surface area contributed by atoms with Crippen molar-refractivity contribution in [2.75, 3.05) is 0 Å². The molecule has 0 spiro atoms. The fourth-order valence-corrected chi connectivity index (χ4v) is 3.87. The maximum atomic E-state index is 13.2. The van der Waals surface area contributed by atoms with E-state index in [1.165, 1.54) is 25.0 Å². The van der Waals surface area contributed by atoms with Crippen LogP contribution in [0.1, 0.15) is 58.6 Å². The van der Waals surface area contributed by atoms with Crippen LogP contribution in [-0.4, -0.2) is 26.5 Å².